The van der Waals surface area contributed by atoms with Crippen LogP contribution in [0.1, 0.15) is 37.4 Å². The van der Waals surface area contributed by atoms with Crippen LogP contribution >= 0.6 is 0 Å². The lowest BCUT2D eigenvalue weighted by Gasteiger charge is -2.18. The van der Waals surface area contributed by atoms with Gasteiger partial charge in [0.15, 0.2) is 0 Å². The monoisotopic (exact) mass is 334 g/mol. The predicted molar refractivity (Wildman–Crippen MR) is 80.7 cm³/mol. The zero-order valence-corrected chi connectivity index (χ0v) is 13.0. The van der Waals surface area contributed by atoms with Gasteiger partial charge in [0.25, 0.3) is 0 Å². The fourth-order valence-corrected chi connectivity index (χ4v) is 3.17. The van der Waals surface area contributed by atoms with Crippen molar-refractivity contribution in [3.05, 3.63) is 33.9 Å². The molecule has 0 bridgehead atoms. The summed E-state index contributed by atoms with van der Waals surface area (Å²) >= 11 is 0. The summed E-state index contributed by atoms with van der Waals surface area (Å²) in [5.74, 6) is -2.44. The minimum atomic E-state index is -1.22. The van der Waals surface area contributed by atoms with Crippen molar-refractivity contribution in [2.75, 3.05) is 19.8 Å². The molecule has 1 aromatic rings. The van der Waals surface area contributed by atoms with Crippen LogP contribution in [0.3, 0.4) is 0 Å². The maximum atomic E-state index is 11.8. The fraction of sp³-hybridized carbons (Fsp3) is 0.529. The van der Waals surface area contributed by atoms with Crippen molar-refractivity contribution in [1.82, 2.24) is 0 Å². The zero-order valence-electron chi connectivity index (χ0n) is 13.0. The van der Waals surface area contributed by atoms with Crippen LogP contribution in [0.4, 0.5) is 0 Å². The second-order valence-electron chi connectivity index (χ2n) is 6.50. The quantitative estimate of drug-likeness (QED) is 0.679. The topological polar surface area (TPSA) is 112 Å². The van der Waals surface area contributed by atoms with Crippen molar-refractivity contribution in [1.29, 1.82) is 0 Å². The molecule has 3 fully saturated rings. The summed E-state index contributed by atoms with van der Waals surface area (Å²) in [4.78, 5) is 23.4. The van der Waals surface area contributed by atoms with Crippen LogP contribution in [0.2, 0.25) is 0 Å². The number of rotatable bonds is 8. The minimum absolute atomic E-state index is 0.0314. The van der Waals surface area contributed by atoms with Crippen LogP contribution < -0.4 is 0 Å². The summed E-state index contributed by atoms with van der Waals surface area (Å²) in [6, 6.07) is 1.50. The van der Waals surface area contributed by atoms with Crippen molar-refractivity contribution in [2.24, 2.45) is 0 Å². The Bertz CT molecular complexity index is 699. The molecule has 128 valence electrons. The first-order valence-corrected chi connectivity index (χ1v) is 8.02. The van der Waals surface area contributed by atoms with Crippen LogP contribution in [0.25, 0.3) is 0 Å². The molecule has 3 aliphatic rings. The summed E-state index contributed by atoms with van der Waals surface area (Å²) in [5, 5.41) is 19.1. The Kier molecular flexibility index (Phi) is 3.79. The van der Waals surface area contributed by atoms with Gasteiger partial charge in [-0.2, -0.15) is 0 Å². The SMILES string of the molecule is O=C(O)c1cc(CC2CO2)c(CC2CO2)c(CC2CO2)c1C(=O)O. The number of carboxylic acids is 2. The van der Waals surface area contributed by atoms with Gasteiger partial charge in [0, 0.05) is 19.3 Å². The number of carboxylic acid groups (broad SMARTS) is 2. The Morgan fingerprint density at radius 1 is 0.875 bits per heavy atom. The number of hydrogen-bond acceptors (Lipinski definition) is 5. The van der Waals surface area contributed by atoms with Crippen LogP contribution in [0.15, 0.2) is 6.07 Å². The van der Waals surface area contributed by atoms with Crippen LogP contribution in [-0.2, 0) is 33.5 Å². The molecule has 1 aromatic carbocycles. The van der Waals surface area contributed by atoms with Gasteiger partial charge in [0.1, 0.15) is 0 Å². The Hall–Kier alpha value is -1.96. The van der Waals surface area contributed by atoms with E-state index in [1.54, 1.807) is 0 Å². The highest BCUT2D eigenvalue weighted by atomic mass is 16.6. The number of aromatic carboxylic acids is 2. The van der Waals surface area contributed by atoms with Crippen molar-refractivity contribution < 1.29 is 34.0 Å². The summed E-state index contributed by atoms with van der Waals surface area (Å²) in [7, 11) is 0. The van der Waals surface area contributed by atoms with Gasteiger partial charge in [-0.05, 0) is 22.8 Å². The van der Waals surface area contributed by atoms with Crippen molar-refractivity contribution in [3.63, 3.8) is 0 Å². The molecule has 3 unspecified atom stereocenters. The van der Waals surface area contributed by atoms with Crippen LogP contribution in [-0.4, -0.2) is 60.3 Å². The van der Waals surface area contributed by atoms with Crippen molar-refractivity contribution in [2.45, 2.75) is 37.6 Å². The molecule has 7 heteroatoms. The van der Waals surface area contributed by atoms with Crippen LogP contribution in [0, 0.1) is 0 Å². The first kappa shape index (κ1) is 15.6. The third-order valence-corrected chi connectivity index (χ3v) is 4.60. The van der Waals surface area contributed by atoms with E-state index in [9.17, 15) is 19.8 Å². The predicted octanol–water partition coefficient (Wildman–Crippen LogP) is 0.907. The lowest BCUT2D eigenvalue weighted by atomic mass is 9.85. The Morgan fingerprint density at radius 2 is 1.38 bits per heavy atom. The van der Waals surface area contributed by atoms with Crippen LogP contribution in [0.5, 0.6) is 0 Å². The van der Waals surface area contributed by atoms with E-state index in [1.807, 2.05) is 0 Å². The molecular formula is C17H18O7. The molecule has 0 aromatic heterocycles. The summed E-state index contributed by atoms with van der Waals surface area (Å²) in [6.07, 6.45) is 1.76. The molecular weight excluding hydrogens is 316 g/mol. The van der Waals surface area contributed by atoms with Gasteiger partial charge in [-0.3, -0.25) is 0 Å². The Balaban J connectivity index is 1.85. The number of hydrogen-bond donors (Lipinski definition) is 2. The van der Waals surface area contributed by atoms with Gasteiger partial charge in [0.2, 0.25) is 0 Å². The minimum Gasteiger partial charge on any atom is -0.478 e. The normalized spacial score (nSPS) is 26.9. The van der Waals surface area contributed by atoms with E-state index in [0.717, 1.165) is 11.1 Å². The third kappa shape index (κ3) is 3.28. The van der Waals surface area contributed by atoms with Gasteiger partial charge in [-0.1, -0.05) is 0 Å². The highest BCUT2D eigenvalue weighted by molar-refractivity contribution is 6.03. The van der Waals surface area contributed by atoms with E-state index in [1.165, 1.54) is 6.07 Å². The molecule has 3 aliphatic heterocycles. The molecule has 2 N–H and O–H groups in total. The number of ether oxygens (including phenoxy) is 3. The Labute approximate surface area is 138 Å². The molecule has 3 atom stereocenters. The van der Waals surface area contributed by atoms with Crippen molar-refractivity contribution >= 4 is 11.9 Å². The maximum Gasteiger partial charge on any atom is 0.336 e. The lowest BCUT2D eigenvalue weighted by molar-refractivity contribution is 0.0650. The Morgan fingerprint density at radius 3 is 1.83 bits per heavy atom. The van der Waals surface area contributed by atoms with Gasteiger partial charge >= 0.3 is 11.9 Å². The van der Waals surface area contributed by atoms with Gasteiger partial charge < -0.3 is 24.4 Å². The third-order valence-electron chi connectivity index (χ3n) is 4.60. The lowest BCUT2D eigenvalue weighted by Crippen LogP contribution is -2.19. The molecule has 0 aliphatic carbocycles. The van der Waals surface area contributed by atoms with Gasteiger partial charge in [0.05, 0.1) is 49.3 Å². The highest BCUT2D eigenvalue weighted by Crippen LogP contribution is 2.33. The summed E-state index contributed by atoms with van der Waals surface area (Å²) < 4.78 is 15.9. The summed E-state index contributed by atoms with van der Waals surface area (Å²) in [6.45, 7) is 1.89. The van der Waals surface area contributed by atoms with Crippen molar-refractivity contribution in [3.8, 4) is 0 Å². The molecule has 4 rings (SSSR count). The molecule has 3 saturated heterocycles. The molecule has 24 heavy (non-hydrogen) atoms. The van der Waals surface area contributed by atoms with E-state index < -0.39 is 11.9 Å². The summed E-state index contributed by atoms with van der Waals surface area (Å²) in [5.41, 5.74) is 2.05. The average Bonchev–Trinajstić information content (AvgIpc) is 3.33. The molecule has 7 nitrogen and oxygen atoms in total. The van der Waals surface area contributed by atoms with E-state index in [4.69, 9.17) is 14.2 Å². The molecule has 0 saturated carbocycles. The van der Waals surface area contributed by atoms with E-state index in [0.29, 0.717) is 44.6 Å². The smallest absolute Gasteiger partial charge is 0.336 e. The zero-order chi connectivity index (χ0) is 16.8. The largest absolute Gasteiger partial charge is 0.478 e. The number of epoxide rings is 3. The second kappa shape index (κ2) is 5.84. The van der Waals surface area contributed by atoms with Gasteiger partial charge in [-0.25, -0.2) is 9.59 Å². The fourth-order valence-electron chi connectivity index (χ4n) is 3.17. The van der Waals surface area contributed by atoms with E-state index >= 15 is 0 Å². The maximum absolute atomic E-state index is 11.8. The molecule has 3 heterocycles. The number of carbonyl (C=O) groups is 2. The molecule has 0 spiro atoms. The van der Waals surface area contributed by atoms with E-state index in [2.05, 4.69) is 0 Å². The first-order chi connectivity index (χ1) is 11.5. The second-order valence-corrected chi connectivity index (χ2v) is 6.50. The standard InChI is InChI=1S/C17H18O7/c18-16(19)14-2-8(1-9-5-22-9)12(3-10-6-23-10)13(4-11-7-24-11)15(14)17(20)21/h2,9-11H,1,3-7H2,(H,18,19)(H,20,21). The number of benzene rings is 1. The average molecular weight is 334 g/mol. The van der Waals surface area contributed by atoms with E-state index in [-0.39, 0.29) is 29.4 Å². The first-order valence-electron chi connectivity index (χ1n) is 8.02. The highest BCUT2D eigenvalue weighted by Gasteiger charge is 2.35. The van der Waals surface area contributed by atoms with Gasteiger partial charge in [-0.15, -0.1) is 0 Å². The molecule has 0 amide bonds. The molecule has 0 radical (unpaired) electrons.